The van der Waals surface area contributed by atoms with Gasteiger partial charge in [-0.3, -0.25) is 0 Å². The number of thiazole rings is 1. The van der Waals surface area contributed by atoms with Gasteiger partial charge >= 0.3 is 6.03 Å². The van der Waals surface area contributed by atoms with Crippen molar-refractivity contribution >= 4 is 23.2 Å². The van der Waals surface area contributed by atoms with Crippen molar-refractivity contribution in [2.24, 2.45) is 5.92 Å². The number of carbonyl (C=O) groups is 1. The normalized spacial score (nSPS) is 19.2. The molecule has 2 aromatic heterocycles. The number of rotatable bonds is 4. The average Bonchev–Trinajstić information content (AvgIpc) is 3.34. The zero-order valence-corrected chi connectivity index (χ0v) is 14.3. The molecule has 1 saturated heterocycles. The Labute approximate surface area is 145 Å². The Balaban J connectivity index is 1.34. The van der Waals surface area contributed by atoms with Gasteiger partial charge in [0.25, 0.3) is 0 Å². The zero-order chi connectivity index (χ0) is 16.4. The fourth-order valence-electron chi connectivity index (χ4n) is 3.10. The van der Waals surface area contributed by atoms with Crippen LogP contribution >= 0.6 is 11.3 Å². The summed E-state index contributed by atoms with van der Waals surface area (Å²) in [6, 6.07) is 6.04. The van der Waals surface area contributed by atoms with E-state index in [0.29, 0.717) is 5.92 Å². The highest BCUT2D eigenvalue weighted by atomic mass is 32.1. The number of amides is 2. The minimum Gasteiger partial charge on any atom is -0.353 e. The van der Waals surface area contributed by atoms with Gasteiger partial charge in [-0.2, -0.15) is 0 Å². The summed E-state index contributed by atoms with van der Waals surface area (Å²) < 4.78 is 0. The third kappa shape index (κ3) is 3.36. The SMILES string of the molecule is O=C(N[C@H](c1nccs1)C1CC1)N1CCN(c2ccccn2)CC1. The Bertz CT molecular complexity index is 666. The minimum atomic E-state index is 0.0303. The van der Waals surface area contributed by atoms with Crippen LogP contribution in [0, 0.1) is 5.92 Å². The molecule has 2 aliphatic rings. The van der Waals surface area contributed by atoms with Crippen LogP contribution in [0.1, 0.15) is 23.9 Å². The van der Waals surface area contributed by atoms with E-state index in [2.05, 4.69) is 20.2 Å². The number of anilines is 1. The van der Waals surface area contributed by atoms with Crippen LogP contribution in [0.2, 0.25) is 0 Å². The van der Waals surface area contributed by atoms with E-state index in [1.807, 2.05) is 40.9 Å². The number of hydrogen-bond acceptors (Lipinski definition) is 5. The second-order valence-corrected chi connectivity index (χ2v) is 7.22. The van der Waals surface area contributed by atoms with Gasteiger partial charge in [-0.05, 0) is 30.9 Å². The van der Waals surface area contributed by atoms with Gasteiger partial charge in [0, 0.05) is 44.0 Å². The molecule has 1 aliphatic carbocycles. The van der Waals surface area contributed by atoms with E-state index in [1.165, 1.54) is 12.8 Å². The maximum atomic E-state index is 12.6. The van der Waals surface area contributed by atoms with Crippen molar-refractivity contribution < 1.29 is 4.79 Å². The summed E-state index contributed by atoms with van der Waals surface area (Å²) in [7, 11) is 0. The highest BCUT2D eigenvalue weighted by Gasteiger charge is 2.36. The first-order valence-corrected chi connectivity index (χ1v) is 9.30. The topological polar surface area (TPSA) is 61.4 Å². The summed E-state index contributed by atoms with van der Waals surface area (Å²) in [5.41, 5.74) is 0. The van der Waals surface area contributed by atoms with Crippen molar-refractivity contribution in [3.8, 4) is 0 Å². The lowest BCUT2D eigenvalue weighted by Crippen LogP contribution is -2.52. The first kappa shape index (κ1) is 15.4. The summed E-state index contributed by atoms with van der Waals surface area (Å²) >= 11 is 1.62. The summed E-state index contributed by atoms with van der Waals surface area (Å²) in [5, 5.41) is 6.21. The number of hydrogen-bond donors (Lipinski definition) is 1. The van der Waals surface area contributed by atoms with Crippen LogP contribution in [-0.2, 0) is 0 Å². The average molecular weight is 343 g/mol. The van der Waals surface area contributed by atoms with Crippen LogP contribution in [0.3, 0.4) is 0 Å². The van der Waals surface area contributed by atoms with Gasteiger partial charge in [-0.1, -0.05) is 6.07 Å². The van der Waals surface area contributed by atoms with Gasteiger partial charge in [0.15, 0.2) is 0 Å². The largest absolute Gasteiger partial charge is 0.353 e. The number of pyridine rings is 1. The molecule has 0 aromatic carbocycles. The van der Waals surface area contributed by atoms with Gasteiger partial charge in [0.2, 0.25) is 0 Å². The van der Waals surface area contributed by atoms with Crippen LogP contribution in [0.25, 0.3) is 0 Å². The molecule has 1 aliphatic heterocycles. The van der Waals surface area contributed by atoms with Crippen LogP contribution in [0.5, 0.6) is 0 Å². The molecule has 0 bridgehead atoms. The molecule has 2 fully saturated rings. The van der Waals surface area contributed by atoms with E-state index in [0.717, 1.165) is 37.0 Å². The number of nitrogens with one attached hydrogen (secondary N) is 1. The van der Waals surface area contributed by atoms with E-state index in [1.54, 1.807) is 11.3 Å². The van der Waals surface area contributed by atoms with Crippen molar-refractivity contribution in [3.63, 3.8) is 0 Å². The number of nitrogens with zero attached hydrogens (tertiary/aromatic N) is 4. The number of carbonyl (C=O) groups excluding carboxylic acids is 1. The molecule has 4 rings (SSSR count). The van der Waals surface area contributed by atoms with Crippen molar-refractivity contribution in [1.29, 1.82) is 0 Å². The van der Waals surface area contributed by atoms with Gasteiger partial charge in [-0.25, -0.2) is 14.8 Å². The first-order valence-electron chi connectivity index (χ1n) is 8.42. The molecule has 1 saturated carbocycles. The van der Waals surface area contributed by atoms with Gasteiger partial charge < -0.3 is 15.1 Å². The molecule has 126 valence electrons. The number of piperazine rings is 1. The number of urea groups is 1. The van der Waals surface area contributed by atoms with E-state index in [9.17, 15) is 4.79 Å². The molecular weight excluding hydrogens is 322 g/mol. The molecule has 1 atom stereocenters. The van der Waals surface area contributed by atoms with Gasteiger partial charge in [0.05, 0.1) is 6.04 Å². The maximum absolute atomic E-state index is 12.6. The van der Waals surface area contributed by atoms with Gasteiger partial charge in [-0.15, -0.1) is 11.3 Å². The Morgan fingerprint density at radius 1 is 1.17 bits per heavy atom. The van der Waals surface area contributed by atoms with Crippen molar-refractivity contribution in [2.75, 3.05) is 31.1 Å². The van der Waals surface area contributed by atoms with Crippen molar-refractivity contribution in [1.82, 2.24) is 20.2 Å². The Morgan fingerprint density at radius 2 is 2.00 bits per heavy atom. The lowest BCUT2D eigenvalue weighted by atomic mass is 10.2. The van der Waals surface area contributed by atoms with Crippen LogP contribution in [0.4, 0.5) is 10.6 Å². The maximum Gasteiger partial charge on any atom is 0.318 e. The highest BCUT2D eigenvalue weighted by molar-refractivity contribution is 7.09. The summed E-state index contributed by atoms with van der Waals surface area (Å²) in [6.45, 7) is 3.07. The fourth-order valence-corrected chi connectivity index (χ4v) is 3.88. The first-order chi connectivity index (χ1) is 11.8. The predicted octanol–water partition coefficient (Wildman–Crippen LogP) is 2.52. The molecule has 2 aromatic rings. The second kappa shape index (κ2) is 6.76. The smallest absolute Gasteiger partial charge is 0.318 e. The van der Waals surface area contributed by atoms with Crippen LogP contribution < -0.4 is 10.2 Å². The Kier molecular flexibility index (Phi) is 4.34. The molecule has 3 heterocycles. The molecule has 24 heavy (non-hydrogen) atoms. The van der Waals surface area contributed by atoms with Crippen molar-refractivity contribution in [3.05, 3.63) is 41.0 Å². The van der Waals surface area contributed by atoms with Crippen LogP contribution in [0.15, 0.2) is 36.0 Å². The molecule has 7 heteroatoms. The lowest BCUT2D eigenvalue weighted by Gasteiger charge is -2.36. The second-order valence-electron chi connectivity index (χ2n) is 6.30. The molecule has 0 spiro atoms. The van der Waals surface area contributed by atoms with Gasteiger partial charge in [0.1, 0.15) is 10.8 Å². The van der Waals surface area contributed by atoms with E-state index >= 15 is 0 Å². The third-order valence-electron chi connectivity index (χ3n) is 4.63. The summed E-state index contributed by atoms with van der Waals surface area (Å²) in [4.78, 5) is 25.5. The van der Waals surface area contributed by atoms with E-state index in [4.69, 9.17) is 0 Å². The summed E-state index contributed by atoms with van der Waals surface area (Å²) in [5.74, 6) is 1.53. The summed E-state index contributed by atoms with van der Waals surface area (Å²) in [6.07, 6.45) is 5.98. The highest BCUT2D eigenvalue weighted by Crippen LogP contribution is 2.41. The Morgan fingerprint density at radius 3 is 2.62 bits per heavy atom. The molecule has 0 unspecified atom stereocenters. The molecule has 2 amide bonds. The predicted molar refractivity (Wildman–Crippen MR) is 94.1 cm³/mol. The molecule has 6 nitrogen and oxygen atoms in total. The quantitative estimate of drug-likeness (QED) is 0.927. The van der Waals surface area contributed by atoms with E-state index in [-0.39, 0.29) is 12.1 Å². The lowest BCUT2D eigenvalue weighted by molar-refractivity contribution is 0.188. The molecular formula is C17H21N5OS. The van der Waals surface area contributed by atoms with E-state index < -0.39 is 0 Å². The fraction of sp³-hybridized carbons (Fsp3) is 0.471. The molecule has 1 N–H and O–H groups in total. The standard InChI is InChI=1S/C17H21N5OS/c23-17(20-15(13-4-5-13)16-19-7-12-24-16)22-10-8-21(9-11-22)14-3-1-2-6-18-14/h1-3,6-7,12-13,15H,4-5,8-11H2,(H,20,23)/t15-/m0/s1. The molecule has 0 radical (unpaired) electrons. The van der Waals surface area contributed by atoms with Crippen molar-refractivity contribution in [2.45, 2.75) is 18.9 Å². The monoisotopic (exact) mass is 343 g/mol. The minimum absolute atomic E-state index is 0.0303. The Hall–Kier alpha value is -2.15. The van der Waals surface area contributed by atoms with Crippen LogP contribution in [-0.4, -0.2) is 47.1 Å². The zero-order valence-electron chi connectivity index (χ0n) is 13.5. The number of aromatic nitrogens is 2. The third-order valence-corrected chi connectivity index (χ3v) is 5.49.